The van der Waals surface area contributed by atoms with Crippen LogP contribution in [0.2, 0.25) is 0 Å². The van der Waals surface area contributed by atoms with Crippen molar-refractivity contribution in [1.29, 1.82) is 0 Å². The van der Waals surface area contributed by atoms with Crippen LogP contribution in [0.15, 0.2) is 60.1 Å². The van der Waals surface area contributed by atoms with Gasteiger partial charge in [-0.1, -0.05) is 0 Å². The van der Waals surface area contributed by atoms with Gasteiger partial charge in [-0.25, -0.2) is 4.98 Å². The highest BCUT2D eigenvalue weighted by atomic mass is 32.1. The second kappa shape index (κ2) is 6.41. The van der Waals surface area contributed by atoms with Crippen LogP contribution in [0.4, 0.5) is 5.69 Å². The first-order valence-corrected chi connectivity index (χ1v) is 7.59. The summed E-state index contributed by atoms with van der Waals surface area (Å²) in [7, 11) is 1.61. The lowest BCUT2D eigenvalue weighted by Gasteiger charge is -2.04. The average molecular weight is 310 g/mol. The van der Waals surface area contributed by atoms with Gasteiger partial charge in [0.15, 0.2) is 6.21 Å². The van der Waals surface area contributed by atoms with Crippen molar-refractivity contribution in [2.45, 2.75) is 0 Å². The van der Waals surface area contributed by atoms with E-state index in [1.54, 1.807) is 36.8 Å². The molecule has 0 aliphatic rings. The maximum absolute atomic E-state index is 12.2. The van der Waals surface area contributed by atoms with Gasteiger partial charge in [-0.2, -0.15) is 4.74 Å². The van der Waals surface area contributed by atoms with Gasteiger partial charge < -0.3 is 9.94 Å². The first kappa shape index (κ1) is 14.3. The molecule has 0 saturated carbocycles. The zero-order chi connectivity index (χ0) is 15.4. The predicted octanol–water partition coefficient (Wildman–Crippen LogP) is 4.08. The number of thiazole rings is 1. The third kappa shape index (κ3) is 3.15. The van der Waals surface area contributed by atoms with Crippen molar-refractivity contribution >= 4 is 23.2 Å². The SMILES string of the molecule is COc1ccc(/C=[N+](\[O-])c2ccc(-c3nccs3)cc2)cc1. The Morgan fingerprint density at radius 2 is 1.82 bits per heavy atom. The Morgan fingerprint density at radius 3 is 2.41 bits per heavy atom. The van der Waals surface area contributed by atoms with Gasteiger partial charge in [0.25, 0.3) is 0 Å². The van der Waals surface area contributed by atoms with E-state index in [-0.39, 0.29) is 0 Å². The van der Waals surface area contributed by atoms with E-state index in [0.29, 0.717) is 5.69 Å². The number of hydrogen-bond acceptors (Lipinski definition) is 4. The van der Waals surface area contributed by atoms with Crippen LogP contribution in [0.25, 0.3) is 10.6 Å². The molecule has 4 nitrogen and oxygen atoms in total. The number of aromatic nitrogens is 1. The van der Waals surface area contributed by atoms with Crippen LogP contribution in [0, 0.1) is 5.21 Å². The monoisotopic (exact) mass is 310 g/mol. The van der Waals surface area contributed by atoms with E-state index in [4.69, 9.17) is 4.74 Å². The molecule has 22 heavy (non-hydrogen) atoms. The molecule has 0 aliphatic heterocycles. The standard InChI is InChI=1S/C17H14N2O2S/c1-21-16-8-2-13(3-9-16)12-19(20)15-6-4-14(5-7-15)17-18-10-11-22-17/h2-12H,1H3/b19-12-. The molecule has 0 aliphatic carbocycles. The zero-order valence-corrected chi connectivity index (χ0v) is 12.8. The molecule has 0 amide bonds. The van der Waals surface area contributed by atoms with E-state index in [2.05, 4.69) is 4.98 Å². The Bertz CT molecular complexity index is 763. The van der Waals surface area contributed by atoms with E-state index in [1.807, 2.05) is 41.8 Å². The molecule has 3 aromatic rings. The molecule has 0 spiro atoms. The van der Waals surface area contributed by atoms with Gasteiger partial charge in [0.1, 0.15) is 10.8 Å². The van der Waals surface area contributed by atoms with Crippen molar-refractivity contribution in [2.75, 3.05) is 7.11 Å². The van der Waals surface area contributed by atoms with Crippen molar-refractivity contribution in [1.82, 2.24) is 4.98 Å². The van der Waals surface area contributed by atoms with Crippen LogP contribution in [-0.4, -0.2) is 23.0 Å². The van der Waals surface area contributed by atoms with Gasteiger partial charge >= 0.3 is 0 Å². The lowest BCUT2D eigenvalue weighted by molar-refractivity contribution is -0.354. The van der Waals surface area contributed by atoms with Gasteiger partial charge in [0.2, 0.25) is 5.69 Å². The van der Waals surface area contributed by atoms with Gasteiger partial charge in [-0.3, -0.25) is 0 Å². The molecule has 0 bridgehead atoms. The average Bonchev–Trinajstić information content (AvgIpc) is 3.10. The summed E-state index contributed by atoms with van der Waals surface area (Å²) in [6, 6.07) is 14.7. The smallest absolute Gasteiger partial charge is 0.216 e. The maximum atomic E-state index is 12.2. The fourth-order valence-corrected chi connectivity index (χ4v) is 2.66. The summed E-state index contributed by atoms with van der Waals surface area (Å²) >= 11 is 1.57. The number of hydrogen-bond donors (Lipinski definition) is 0. The van der Waals surface area contributed by atoms with E-state index < -0.39 is 0 Å². The summed E-state index contributed by atoms with van der Waals surface area (Å²) in [5.74, 6) is 0.766. The largest absolute Gasteiger partial charge is 0.618 e. The van der Waals surface area contributed by atoms with Gasteiger partial charge in [0, 0.05) is 34.8 Å². The summed E-state index contributed by atoms with van der Waals surface area (Å²) in [6.45, 7) is 0. The zero-order valence-electron chi connectivity index (χ0n) is 12.0. The lowest BCUT2D eigenvalue weighted by atomic mass is 10.2. The van der Waals surface area contributed by atoms with Crippen molar-refractivity contribution in [3.63, 3.8) is 0 Å². The van der Waals surface area contributed by atoms with Crippen molar-refractivity contribution < 1.29 is 9.48 Å². The summed E-state index contributed by atoms with van der Waals surface area (Å²) < 4.78 is 5.95. The molecule has 0 fully saturated rings. The molecular weight excluding hydrogens is 296 g/mol. The molecule has 0 saturated heterocycles. The summed E-state index contributed by atoms with van der Waals surface area (Å²) in [5.41, 5.74) is 2.41. The van der Waals surface area contributed by atoms with Crippen molar-refractivity contribution in [2.24, 2.45) is 0 Å². The van der Waals surface area contributed by atoms with Crippen molar-refractivity contribution in [3.8, 4) is 16.3 Å². The van der Waals surface area contributed by atoms with Crippen LogP contribution in [0.1, 0.15) is 5.56 Å². The van der Waals surface area contributed by atoms with E-state index in [1.165, 1.54) is 6.21 Å². The van der Waals surface area contributed by atoms with Crippen LogP contribution >= 0.6 is 11.3 Å². The Hall–Kier alpha value is -2.66. The quantitative estimate of drug-likeness (QED) is 0.316. The van der Waals surface area contributed by atoms with Crippen molar-refractivity contribution in [3.05, 3.63) is 70.9 Å². The topological polar surface area (TPSA) is 48.2 Å². The van der Waals surface area contributed by atoms with Crippen LogP contribution in [0.5, 0.6) is 5.75 Å². The molecule has 1 heterocycles. The minimum Gasteiger partial charge on any atom is -0.618 e. The second-order valence-electron chi connectivity index (χ2n) is 4.61. The van der Waals surface area contributed by atoms with Gasteiger partial charge in [-0.05, 0) is 36.4 Å². The first-order valence-electron chi connectivity index (χ1n) is 6.71. The Kier molecular flexibility index (Phi) is 4.16. The minimum absolute atomic E-state index is 0.580. The van der Waals surface area contributed by atoms with Gasteiger partial charge in [-0.15, -0.1) is 11.3 Å². The molecule has 0 unspecified atom stereocenters. The fraction of sp³-hybridized carbons (Fsp3) is 0.0588. The number of rotatable bonds is 4. The van der Waals surface area contributed by atoms with E-state index in [9.17, 15) is 5.21 Å². The molecule has 0 N–H and O–H groups in total. The molecule has 1 aromatic heterocycles. The number of nitrogens with zero attached hydrogens (tertiary/aromatic N) is 2. The Morgan fingerprint density at radius 1 is 1.09 bits per heavy atom. The summed E-state index contributed by atoms with van der Waals surface area (Å²) in [4.78, 5) is 4.25. The summed E-state index contributed by atoms with van der Waals surface area (Å²) in [6.07, 6.45) is 3.31. The number of methoxy groups -OCH3 is 1. The first-order chi connectivity index (χ1) is 10.8. The Balaban J connectivity index is 1.81. The maximum Gasteiger partial charge on any atom is 0.216 e. The molecule has 2 aromatic carbocycles. The number of ether oxygens (including phenoxy) is 1. The molecular formula is C17H14N2O2S. The third-order valence-electron chi connectivity index (χ3n) is 3.18. The van der Waals surface area contributed by atoms with E-state index in [0.717, 1.165) is 26.6 Å². The minimum atomic E-state index is 0.580. The van der Waals surface area contributed by atoms with Crippen LogP contribution in [-0.2, 0) is 0 Å². The van der Waals surface area contributed by atoms with Gasteiger partial charge in [0.05, 0.1) is 7.11 Å². The second-order valence-corrected chi connectivity index (χ2v) is 5.51. The molecule has 5 heteroatoms. The third-order valence-corrected chi connectivity index (χ3v) is 4.01. The van der Waals surface area contributed by atoms with Crippen LogP contribution in [0.3, 0.4) is 0 Å². The summed E-state index contributed by atoms with van der Waals surface area (Å²) in [5, 5.41) is 15.1. The highest BCUT2D eigenvalue weighted by Crippen LogP contribution is 2.24. The van der Waals surface area contributed by atoms with Crippen LogP contribution < -0.4 is 4.74 Å². The lowest BCUT2D eigenvalue weighted by Crippen LogP contribution is -1.98. The molecule has 3 rings (SSSR count). The molecule has 0 radical (unpaired) electrons. The highest BCUT2D eigenvalue weighted by molar-refractivity contribution is 7.13. The number of benzene rings is 2. The molecule has 0 atom stereocenters. The fourth-order valence-electron chi connectivity index (χ4n) is 2.02. The Labute approximate surface area is 132 Å². The van der Waals surface area contributed by atoms with E-state index >= 15 is 0 Å². The normalized spacial score (nSPS) is 11.4. The highest BCUT2D eigenvalue weighted by Gasteiger charge is 2.05. The molecule has 110 valence electrons. The predicted molar refractivity (Wildman–Crippen MR) is 89.0 cm³/mol.